The second-order valence-corrected chi connectivity index (χ2v) is 5.70. The van der Waals surface area contributed by atoms with Crippen LogP contribution < -0.4 is 5.32 Å². The third-order valence-electron chi connectivity index (χ3n) is 3.01. The number of hydrogen-bond donors (Lipinski definition) is 2. The summed E-state index contributed by atoms with van der Waals surface area (Å²) >= 11 is 0. The molecule has 1 fully saturated rings. The van der Waals surface area contributed by atoms with Gasteiger partial charge in [-0.3, -0.25) is 0 Å². The quantitative estimate of drug-likeness (QED) is 0.772. The Labute approximate surface area is 107 Å². The molecule has 2 unspecified atom stereocenters. The molecule has 0 aromatic carbocycles. The number of morpholine rings is 1. The Morgan fingerprint density at radius 2 is 2.06 bits per heavy atom. The van der Waals surface area contributed by atoms with E-state index in [0.717, 1.165) is 0 Å². The fraction of sp³-hybridized carbons (Fsp3) is 0.833. The van der Waals surface area contributed by atoms with E-state index in [0.29, 0.717) is 19.8 Å². The van der Waals surface area contributed by atoms with Crippen LogP contribution in [0.3, 0.4) is 0 Å². The molecule has 0 radical (unpaired) electrons. The molecule has 104 valence electrons. The fourth-order valence-corrected chi connectivity index (χ4v) is 1.88. The van der Waals surface area contributed by atoms with Crippen LogP contribution in [0.25, 0.3) is 0 Å². The molecule has 1 heterocycles. The van der Waals surface area contributed by atoms with Crippen LogP contribution in [0.15, 0.2) is 0 Å². The molecule has 18 heavy (non-hydrogen) atoms. The number of carbonyl (C=O) groups excluding carboxylic acids is 1. The molecule has 0 saturated carbocycles. The van der Waals surface area contributed by atoms with E-state index in [1.807, 2.05) is 6.92 Å². The van der Waals surface area contributed by atoms with E-state index in [4.69, 9.17) is 9.84 Å². The van der Waals surface area contributed by atoms with E-state index in [1.54, 1.807) is 25.7 Å². The van der Waals surface area contributed by atoms with Crippen molar-refractivity contribution in [3.63, 3.8) is 0 Å². The van der Waals surface area contributed by atoms with Gasteiger partial charge < -0.3 is 20.1 Å². The SMILES string of the molecule is CC1COCCN1C(=O)NC(C(=O)O)C(C)(C)C. The van der Waals surface area contributed by atoms with Crippen molar-refractivity contribution in [1.29, 1.82) is 0 Å². The van der Waals surface area contributed by atoms with Crippen LogP contribution in [-0.2, 0) is 9.53 Å². The first-order valence-electron chi connectivity index (χ1n) is 6.11. The van der Waals surface area contributed by atoms with Crippen molar-refractivity contribution < 1.29 is 19.4 Å². The molecular formula is C12H22N2O4. The van der Waals surface area contributed by atoms with Crippen molar-refractivity contribution >= 4 is 12.0 Å². The molecular weight excluding hydrogens is 236 g/mol. The summed E-state index contributed by atoms with van der Waals surface area (Å²) in [7, 11) is 0. The van der Waals surface area contributed by atoms with Crippen molar-refractivity contribution in [2.24, 2.45) is 5.41 Å². The third-order valence-corrected chi connectivity index (χ3v) is 3.01. The zero-order valence-electron chi connectivity index (χ0n) is 11.4. The highest BCUT2D eigenvalue weighted by Gasteiger charge is 2.35. The number of rotatable bonds is 2. The molecule has 6 heteroatoms. The van der Waals surface area contributed by atoms with Gasteiger partial charge in [-0.25, -0.2) is 9.59 Å². The summed E-state index contributed by atoms with van der Waals surface area (Å²) in [6.07, 6.45) is 0. The van der Waals surface area contributed by atoms with E-state index >= 15 is 0 Å². The van der Waals surface area contributed by atoms with Gasteiger partial charge in [-0.1, -0.05) is 20.8 Å². The van der Waals surface area contributed by atoms with Gasteiger partial charge in [0, 0.05) is 6.54 Å². The Balaban J connectivity index is 2.69. The molecule has 0 spiro atoms. The summed E-state index contributed by atoms with van der Waals surface area (Å²) in [5.74, 6) is -1.02. The number of nitrogens with zero attached hydrogens (tertiary/aromatic N) is 1. The van der Waals surface area contributed by atoms with Gasteiger partial charge in [0.25, 0.3) is 0 Å². The average Bonchev–Trinajstić information content (AvgIpc) is 2.24. The Morgan fingerprint density at radius 1 is 1.44 bits per heavy atom. The minimum atomic E-state index is -1.02. The van der Waals surface area contributed by atoms with Gasteiger partial charge in [0.2, 0.25) is 0 Å². The monoisotopic (exact) mass is 258 g/mol. The lowest BCUT2D eigenvalue weighted by molar-refractivity contribution is -0.142. The van der Waals surface area contributed by atoms with Crippen LogP contribution >= 0.6 is 0 Å². The van der Waals surface area contributed by atoms with Gasteiger partial charge in [0.15, 0.2) is 0 Å². The predicted molar refractivity (Wildman–Crippen MR) is 66.4 cm³/mol. The molecule has 2 atom stereocenters. The normalized spacial score (nSPS) is 22.4. The van der Waals surface area contributed by atoms with Gasteiger partial charge in [-0.15, -0.1) is 0 Å². The Kier molecular flexibility index (Phi) is 4.56. The number of ether oxygens (including phenoxy) is 1. The summed E-state index contributed by atoms with van der Waals surface area (Å²) in [5.41, 5.74) is -0.531. The summed E-state index contributed by atoms with van der Waals surface area (Å²) in [5, 5.41) is 11.8. The average molecular weight is 258 g/mol. The lowest BCUT2D eigenvalue weighted by atomic mass is 9.87. The maximum atomic E-state index is 12.1. The van der Waals surface area contributed by atoms with Crippen LogP contribution in [-0.4, -0.2) is 53.8 Å². The standard InChI is InChI=1S/C12H22N2O4/c1-8-7-18-6-5-14(8)11(17)13-9(10(15)16)12(2,3)4/h8-9H,5-7H2,1-4H3,(H,13,17)(H,15,16). The van der Waals surface area contributed by atoms with Gasteiger partial charge >= 0.3 is 12.0 Å². The van der Waals surface area contributed by atoms with Gasteiger partial charge in [-0.2, -0.15) is 0 Å². The lowest BCUT2D eigenvalue weighted by Gasteiger charge is -2.36. The van der Waals surface area contributed by atoms with Gasteiger partial charge in [-0.05, 0) is 12.3 Å². The number of aliphatic carboxylic acids is 1. The smallest absolute Gasteiger partial charge is 0.326 e. The molecule has 1 aliphatic rings. The number of carbonyl (C=O) groups is 2. The Hall–Kier alpha value is -1.30. The molecule has 2 N–H and O–H groups in total. The van der Waals surface area contributed by atoms with Crippen LogP contribution in [0, 0.1) is 5.41 Å². The minimum absolute atomic E-state index is 0.0341. The Morgan fingerprint density at radius 3 is 2.50 bits per heavy atom. The van der Waals surface area contributed by atoms with Crippen molar-refractivity contribution in [1.82, 2.24) is 10.2 Å². The van der Waals surface area contributed by atoms with Gasteiger partial charge in [0.05, 0.1) is 19.3 Å². The zero-order chi connectivity index (χ0) is 13.9. The van der Waals surface area contributed by atoms with Crippen LogP contribution in [0.5, 0.6) is 0 Å². The second kappa shape index (κ2) is 5.56. The van der Waals surface area contributed by atoms with E-state index in [2.05, 4.69) is 5.32 Å². The first-order valence-corrected chi connectivity index (χ1v) is 6.11. The molecule has 0 aromatic heterocycles. The van der Waals surface area contributed by atoms with Crippen LogP contribution in [0.4, 0.5) is 4.79 Å². The topological polar surface area (TPSA) is 78.9 Å². The number of nitrogens with one attached hydrogen (secondary N) is 1. The predicted octanol–water partition coefficient (Wildman–Crippen LogP) is 0.916. The highest BCUT2D eigenvalue weighted by Crippen LogP contribution is 2.20. The first-order chi connectivity index (χ1) is 8.23. The number of urea groups is 1. The van der Waals surface area contributed by atoms with E-state index in [9.17, 15) is 9.59 Å². The minimum Gasteiger partial charge on any atom is -0.480 e. The molecule has 0 aliphatic carbocycles. The van der Waals surface area contributed by atoms with Crippen molar-refractivity contribution in [3.05, 3.63) is 0 Å². The van der Waals surface area contributed by atoms with Crippen LogP contribution in [0.2, 0.25) is 0 Å². The number of carboxylic acids is 1. The van der Waals surface area contributed by atoms with Crippen molar-refractivity contribution in [3.8, 4) is 0 Å². The summed E-state index contributed by atoms with van der Waals surface area (Å²) in [4.78, 5) is 24.9. The molecule has 0 bridgehead atoms. The third kappa shape index (κ3) is 3.60. The highest BCUT2D eigenvalue weighted by atomic mass is 16.5. The second-order valence-electron chi connectivity index (χ2n) is 5.70. The fourth-order valence-electron chi connectivity index (χ4n) is 1.88. The zero-order valence-corrected chi connectivity index (χ0v) is 11.4. The van der Waals surface area contributed by atoms with E-state index < -0.39 is 17.4 Å². The molecule has 1 aliphatic heterocycles. The maximum absolute atomic E-state index is 12.1. The Bertz CT molecular complexity index is 325. The first kappa shape index (κ1) is 14.8. The van der Waals surface area contributed by atoms with Crippen molar-refractivity contribution in [2.75, 3.05) is 19.8 Å². The highest BCUT2D eigenvalue weighted by molar-refractivity contribution is 5.83. The maximum Gasteiger partial charge on any atom is 0.326 e. The molecule has 0 aromatic rings. The summed E-state index contributed by atoms with van der Waals surface area (Å²) in [6.45, 7) is 8.71. The lowest BCUT2D eigenvalue weighted by Crippen LogP contribution is -2.57. The summed E-state index contributed by atoms with van der Waals surface area (Å²) in [6, 6.07) is -1.28. The van der Waals surface area contributed by atoms with E-state index in [-0.39, 0.29) is 12.1 Å². The van der Waals surface area contributed by atoms with Crippen molar-refractivity contribution in [2.45, 2.75) is 39.8 Å². The largest absolute Gasteiger partial charge is 0.480 e. The van der Waals surface area contributed by atoms with E-state index in [1.165, 1.54) is 0 Å². The number of amides is 2. The molecule has 6 nitrogen and oxygen atoms in total. The summed E-state index contributed by atoms with van der Waals surface area (Å²) < 4.78 is 5.24. The molecule has 2 amide bonds. The van der Waals surface area contributed by atoms with Crippen LogP contribution in [0.1, 0.15) is 27.7 Å². The molecule has 1 saturated heterocycles. The number of carboxylic acid groups (broad SMARTS) is 1. The number of hydrogen-bond acceptors (Lipinski definition) is 3. The molecule has 1 rings (SSSR count). The van der Waals surface area contributed by atoms with Gasteiger partial charge in [0.1, 0.15) is 6.04 Å².